The maximum absolute atomic E-state index is 12.6. The summed E-state index contributed by atoms with van der Waals surface area (Å²) in [7, 11) is -0.782. The Morgan fingerprint density at radius 2 is 1.71 bits per heavy atom. The summed E-state index contributed by atoms with van der Waals surface area (Å²) in [5.74, 6) is 0.729. The number of hydrogen-bond donors (Lipinski definition) is 2. The summed E-state index contributed by atoms with van der Waals surface area (Å²) in [6.45, 7) is 9.44. The molecule has 2 aliphatic rings. The predicted octanol–water partition coefficient (Wildman–Crippen LogP) is 5.50. The molecule has 2 aromatic heterocycles. The lowest BCUT2D eigenvalue weighted by atomic mass is 10.0. The lowest BCUT2D eigenvalue weighted by Gasteiger charge is -2.43. The summed E-state index contributed by atoms with van der Waals surface area (Å²) < 4.78 is 38.1. The molecule has 18 nitrogen and oxygen atoms in total. The molecule has 2 saturated heterocycles. The Hall–Kier alpha value is -5.08. The van der Waals surface area contributed by atoms with Crippen LogP contribution < -0.4 is 24.6 Å². The fraction of sp³-hybridized carbons (Fsp3) is 0.457. The number of ether oxygens (including phenoxy) is 2. The summed E-state index contributed by atoms with van der Waals surface area (Å²) in [5.41, 5.74) is 1.60. The number of nitrogens with zero attached hydrogens (tertiary/aromatic N) is 9. The number of aromatic nitrogens is 4. The minimum atomic E-state index is -3.69. The van der Waals surface area contributed by atoms with Crippen LogP contribution in [0, 0.1) is 10.1 Å². The van der Waals surface area contributed by atoms with Crippen LogP contribution in [0.3, 0.4) is 0 Å². The number of nitrogens with one attached hydrogen (secondary N) is 2. The van der Waals surface area contributed by atoms with Crippen LogP contribution >= 0.6 is 15.9 Å². The molecule has 0 atom stereocenters. The van der Waals surface area contributed by atoms with Gasteiger partial charge in [0.15, 0.2) is 0 Å². The number of sulfonamides is 1. The first-order chi connectivity index (χ1) is 26.0. The number of nitro groups is 1. The van der Waals surface area contributed by atoms with Crippen molar-refractivity contribution in [1.82, 2.24) is 29.7 Å². The zero-order valence-electron chi connectivity index (χ0n) is 31.4. The maximum atomic E-state index is 12.6. The van der Waals surface area contributed by atoms with Crippen molar-refractivity contribution in [2.75, 3.05) is 79.5 Å². The molecular weight excluding hydrogens is 798 g/mol. The van der Waals surface area contributed by atoms with E-state index in [9.17, 15) is 23.3 Å². The van der Waals surface area contributed by atoms with Crippen LogP contribution in [0.4, 0.5) is 45.0 Å². The van der Waals surface area contributed by atoms with E-state index in [-0.39, 0.29) is 34.9 Å². The van der Waals surface area contributed by atoms with Crippen LogP contribution in [0.15, 0.2) is 47.3 Å². The van der Waals surface area contributed by atoms with Crippen molar-refractivity contribution in [3.8, 4) is 5.75 Å². The minimum absolute atomic E-state index is 0.0947. The third-order valence-corrected chi connectivity index (χ3v) is 11.2. The van der Waals surface area contributed by atoms with Gasteiger partial charge in [0.2, 0.25) is 16.0 Å². The van der Waals surface area contributed by atoms with Crippen molar-refractivity contribution < 1.29 is 27.6 Å². The molecule has 2 fully saturated rings. The summed E-state index contributed by atoms with van der Waals surface area (Å²) in [5, 5.41) is 18.7. The first kappa shape index (κ1) is 39.6. The molecule has 6 rings (SSSR count). The van der Waals surface area contributed by atoms with Gasteiger partial charge in [-0.3, -0.25) is 29.3 Å². The van der Waals surface area contributed by atoms with Crippen molar-refractivity contribution >= 4 is 83.3 Å². The van der Waals surface area contributed by atoms with Crippen LogP contribution in [0.2, 0.25) is 0 Å². The number of hydrogen-bond acceptors (Lipinski definition) is 15. The molecule has 2 aromatic carbocycles. The van der Waals surface area contributed by atoms with E-state index >= 15 is 0 Å². The van der Waals surface area contributed by atoms with Gasteiger partial charge in [-0.05, 0) is 61.7 Å². The molecule has 55 heavy (non-hydrogen) atoms. The van der Waals surface area contributed by atoms with Gasteiger partial charge in [0.1, 0.15) is 34.1 Å². The van der Waals surface area contributed by atoms with Gasteiger partial charge in [-0.15, -0.1) is 0 Å². The molecule has 0 radical (unpaired) electrons. The fourth-order valence-electron chi connectivity index (χ4n) is 6.66. The van der Waals surface area contributed by atoms with E-state index in [4.69, 9.17) is 9.47 Å². The standard InChI is InChI=1S/C35H44BrN11O7S/c1-35(2,3)54-34(48)46-17-15-44(16-18-46)22-9-13-45(14-10-22)27-20-29(53-5)26(19-28(27)47(49)50)41-33-39-21-23(36)32(42-33)40-25-8-7-24-30(38-12-11-37-24)31(25)43(4)55(6,51)52/h7-8,11-12,19-22H,9-10,13-18H2,1-6H3,(H2,39,40,41,42). The molecule has 0 bridgehead atoms. The molecule has 0 aliphatic carbocycles. The molecule has 0 saturated carbocycles. The number of carbonyl (C=O) groups excluding carboxylic acids is 1. The topological polar surface area (TPSA) is 201 Å². The molecular formula is C35H44BrN11O7S. The van der Waals surface area contributed by atoms with Gasteiger partial charge in [0.25, 0.3) is 5.69 Å². The first-order valence-electron chi connectivity index (χ1n) is 17.6. The third-order valence-electron chi connectivity index (χ3n) is 9.45. The lowest BCUT2D eigenvalue weighted by molar-refractivity contribution is -0.384. The molecule has 1 amide bonds. The Bertz CT molecular complexity index is 2190. The van der Waals surface area contributed by atoms with Gasteiger partial charge >= 0.3 is 6.09 Å². The van der Waals surface area contributed by atoms with E-state index in [1.54, 1.807) is 23.1 Å². The minimum Gasteiger partial charge on any atom is -0.494 e. The second kappa shape index (κ2) is 16.0. The summed E-state index contributed by atoms with van der Waals surface area (Å²) in [6, 6.07) is 6.75. The van der Waals surface area contributed by atoms with Crippen LogP contribution in [0.25, 0.3) is 11.0 Å². The van der Waals surface area contributed by atoms with E-state index in [2.05, 4.69) is 51.4 Å². The maximum Gasteiger partial charge on any atom is 0.410 e. The predicted molar refractivity (Wildman–Crippen MR) is 213 cm³/mol. The fourth-order valence-corrected chi connectivity index (χ4v) is 7.47. The SMILES string of the molecule is COc1cc(N2CCC(N3CCN(C(=O)OC(C)(C)C)CC3)CC2)c([N+](=O)[O-])cc1Nc1ncc(Br)c(Nc2ccc3nccnc3c2N(C)S(C)(=O)=O)n1. The number of anilines is 6. The van der Waals surface area contributed by atoms with Crippen LogP contribution in [0.1, 0.15) is 33.6 Å². The van der Waals surface area contributed by atoms with Gasteiger partial charge in [-0.1, -0.05) is 0 Å². The number of benzene rings is 2. The highest BCUT2D eigenvalue weighted by Crippen LogP contribution is 2.41. The summed E-state index contributed by atoms with van der Waals surface area (Å²) >= 11 is 3.47. The number of piperidine rings is 1. The van der Waals surface area contributed by atoms with E-state index < -0.39 is 20.5 Å². The Balaban J connectivity index is 1.18. The first-order valence-corrected chi connectivity index (χ1v) is 20.2. The number of carbonyl (C=O) groups is 1. The molecule has 0 unspecified atom stereocenters. The normalized spacial score (nSPS) is 15.8. The zero-order valence-corrected chi connectivity index (χ0v) is 33.8. The number of halogens is 1. The van der Waals surface area contributed by atoms with Gasteiger partial charge < -0.3 is 29.9 Å². The molecule has 4 heterocycles. The third kappa shape index (κ3) is 9.08. The van der Waals surface area contributed by atoms with E-state index in [1.165, 1.54) is 38.8 Å². The largest absolute Gasteiger partial charge is 0.494 e. The Labute approximate surface area is 327 Å². The van der Waals surface area contributed by atoms with E-state index in [0.29, 0.717) is 64.9 Å². The number of rotatable bonds is 10. The number of fused-ring (bicyclic) bond motifs is 1. The van der Waals surface area contributed by atoms with Crippen LogP contribution in [0.5, 0.6) is 5.75 Å². The average molecular weight is 843 g/mol. The van der Waals surface area contributed by atoms with E-state index in [0.717, 1.165) is 36.5 Å². The monoisotopic (exact) mass is 841 g/mol. The van der Waals surface area contributed by atoms with Gasteiger partial charge in [-0.25, -0.2) is 18.2 Å². The number of nitro benzene ring substituents is 1. The summed E-state index contributed by atoms with van der Waals surface area (Å²) in [4.78, 5) is 48.4. The number of methoxy groups -OCH3 is 1. The van der Waals surface area contributed by atoms with Gasteiger partial charge in [0.05, 0.1) is 39.7 Å². The second-order valence-electron chi connectivity index (χ2n) is 14.3. The highest BCUT2D eigenvalue weighted by molar-refractivity contribution is 9.10. The Kier molecular flexibility index (Phi) is 11.5. The average Bonchev–Trinajstić information content (AvgIpc) is 3.14. The van der Waals surface area contributed by atoms with Crippen molar-refractivity contribution in [2.45, 2.75) is 45.3 Å². The second-order valence-corrected chi connectivity index (χ2v) is 17.1. The molecule has 4 aromatic rings. The van der Waals surface area contributed by atoms with Crippen molar-refractivity contribution in [2.24, 2.45) is 0 Å². The molecule has 20 heteroatoms. The molecule has 0 spiro atoms. The van der Waals surface area contributed by atoms with Gasteiger partial charge in [0, 0.05) is 83.1 Å². The van der Waals surface area contributed by atoms with Crippen molar-refractivity contribution in [1.29, 1.82) is 0 Å². The highest BCUT2D eigenvalue weighted by atomic mass is 79.9. The lowest BCUT2D eigenvalue weighted by Crippen LogP contribution is -2.55. The van der Waals surface area contributed by atoms with Crippen LogP contribution in [-0.4, -0.2) is 120 Å². The molecule has 294 valence electrons. The van der Waals surface area contributed by atoms with Crippen molar-refractivity contribution in [3.63, 3.8) is 0 Å². The quantitative estimate of drug-likeness (QED) is 0.150. The zero-order chi connectivity index (χ0) is 39.7. The number of piperazine rings is 1. The molecule has 2 aliphatic heterocycles. The number of amides is 1. The van der Waals surface area contributed by atoms with Gasteiger partial charge in [-0.2, -0.15) is 4.98 Å². The Morgan fingerprint density at radius 1 is 1.02 bits per heavy atom. The smallest absolute Gasteiger partial charge is 0.410 e. The Morgan fingerprint density at radius 3 is 2.35 bits per heavy atom. The van der Waals surface area contributed by atoms with Crippen molar-refractivity contribution in [3.05, 3.63) is 57.4 Å². The molecule has 2 N–H and O–H groups in total. The van der Waals surface area contributed by atoms with Crippen LogP contribution in [-0.2, 0) is 14.8 Å². The summed E-state index contributed by atoms with van der Waals surface area (Å²) in [6.07, 6.45) is 6.90. The highest BCUT2D eigenvalue weighted by Gasteiger charge is 2.33. The van der Waals surface area contributed by atoms with E-state index in [1.807, 2.05) is 25.7 Å².